The van der Waals surface area contributed by atoms with Gasteiger partial charge in [-0.05, 0) is 30.3 Å². The molecule has 0 fully saturated rings. The van der Waals surface area contributed by atoms with Crippen LogP contribution in [0.5, 0.6) is 0 Å². The molecule has 2 heterocycles. The number of nitrogens with one attached hydrogen (secondary N) is 2. The first-order valence-electron chi connectivity index (χ1n) is 7.20. The van der Waals surface area contributed by atoms with Crippen molar-refractivity contribution in [2.45, 2.75) is 0 Å². The van der Waals surface area contributed by atoms with Crippen LogP contribution in [0.25, 0.3) is 28.1 Å². The minimum atomic E-state index is -0.235. The Morgan fingerprint density at radius 3 is 2.96 bits per heavy atom. The standard InChI is InChI=1S/C18H13N3O2/c22-17(20-14-6-3-5-13-12(14)10-11-19-13)8-9-18-21-15-4-1-2-7-16(15)23-18/h1-11,19H,(H,20,22)/b9-8+. The van der Waals surface area contributed by atoms with Crippen molar-refractivity contribution in [2.24, 2.45) is 0 Å². The molecule has 1 amide bonds. The summed E-state index contributed by atoms with van der Waals surface area (Å²) < 4.78 is 5.54. The Morgan fingerprint density at radius 2 is 2.04 bits per heavy atom. The highest BCUT2D eigenvalue weighted by atomic mass is 16.3. The number of carbonyl (C=O) groups is 1. The predicted molar refractivity (Wildman–Crippen MR) is 90.0 cm³/mol. The van der Waals surface area contributed by atoms with E-state index in [1.807, 2.05) is 54.7 Å². The molecule has 0 saturated carbocycles. The smallest absolute Gasteiger partial charge is 0.248 e. The quantitative estimate of drug-likeness (QED) is 0.563. The molecule has 112 valence electrons. The molecule has 0 radical (unpaired) electrons. The third kappa shape index (κ3) is 2.60. The Bertz CT molecular complexity index is 994. The van der Waals surface area contributed by atoms with Crippen LogP contribution in [0.3, 0.4) is 0 Å². The van der Waals surface area contributed by atoms with Crippen LogP contribution in [0.4, 0.5) is 5.69 Å². The van der Waals surface area contributed by atoms with Crippen LogP contribution in [-0.2, 0) is 4.79 Å². The number of aromatic nitrogens is 2. The number of anilines is 1. The van der Waals surface area contributed by atoms with E-state index in [1.165, 1.54) is 6.08 Å². The third-order valence-corrected chi connectivity index (χ3v) is 3.54. The fourth-order valence-electron chi connectivity index (χ4n) is 2.48. The Morgan fingerprint density at radius 1 is 1.13 bits per heavy atom. The first kappa shape index (κ1) is 13.3. The number of nitrogens with zero attached hydrogens (tertiary/aromatic N) is 1. The summed E-state index contributed by atoms with van der Waals surface area (Å²) >= 11 is 0. The van der Waals surface area contributed by atoms with Crippen molar-refractivity contribution in [1.82, 2.24) is 9.97 Å². The number of oxazole rings is 1. The number of hydrogen-bond acceptors (Lipinski definition) is 3. The van der Waals surface area contributed by atoms with Crippen LogP contribution >= 0.6 is 0 Å². The van der Waals surface area contributed by atoms with Crippen LogP contribution in [0.1, 0.15) is 5.89 Å². The van der Waals surface area contributed by atoms with Gasteiger partial charge >= 0.3 is 0 Å². The first-order chi connectivity index (χ1) is 11.3. The van der Waals surface area contributed by atoms with Crippen molar-refractivity contribution in [3.63, 3.8) is 0 Å². The van der Waals surface area contributed by atoms with Crippen molar-refractivity contribution in [3.05, 3.63) is 66.7 Å². The summed E-state index contributed by atoms with van der Waals surface area (Å²) in [6.07, 6.45) is 4.82. The molecule has 4 rings (SSSR count). The van der Waals surface area contributed by atoms with Crippen molar-refractivity contribution >= 4 is 39.7 Å². The third-order valence-electron chi connectivity index (χ3n) is 3.54. The fourth-order valence-corrected chi connectivity index (χ4v) is 2.48. The fraction of sp³-hybridized carbons (Fsp3) is 0. The molecule has 0 aliphatic heterocycles. The van der Waals surface area contributed by atoms with Gasteiger partial charge in [-0.3, -0.25) is 4.79 Å². The predicted octanol–water partition coefficient (Wildman–Crippen LogP) is 3.96. The van der Waals surface area contributed by atoms with E-state index < -0.39 is 0 Å². The maximum absolute atomic E-state index is 12.1. The van der Waals surface area contributed by atoms with Gasteiger partial charge in [0.2, 0.25) is 11.8 Å². The molecule has 0 spiro atoms. The first-order valence-corrected chi connectivity index (χ1v) is 7.20. The maximum atomic E-state index is 12.1. The molecule has 5 nitrogen and oxygen atoms in total. The number of aromatic amines is 1. The molecule has 23 heavy (non-hydrogen) atoms. The molecule has 0 bridgehead atoms. The van der Waals surface area contributed by atoms with Gasteiger partial charge in [0.25, 0.3) is 0 Å². The van der Waals surface area contributed by atoms with Gasteiger partial charge in [-0.2, -0.15) is 0 Å². The number of para-hydroxylation sites is 2. The Balaban J connectivity index is 1.54. The summed E-state index contributed by atoms with van der Waals surface area (Å²) in [6, 6.07) is 15.1. The van der Waals surface area contributed by atoms with Crippen LogP contribution in [0.15, 0.2) is 65.2 Å². The van der Waals surface area contributed by atoms with Crippen LogP contribution in [-0.4, -0.2) is 15.9 Å². The normalized spacial score (nSPS) is 11.5. The Hall–Kier alpha value is -3.34. The van der Waals surface area contributed by atoms with Gasteiger partial charge in [-0.15, -0.1) is 0 Å². The molecule has 5 heteroatoms. The monoisotopic (exact) mass is 303 g/mol. The van der Waals surface area contributed by atoms with Crippen molar-refractivity contribution < 1.29 is 9.21 Å². The van der Waals surface area contributed by atoms with Gasteiger partial charge in [0.15, 0.2) is 5.58 Å². The van der Waals surface area contributed by atoms with Gasteiger partial charge in [-0.25, -0.2) is 4.98 Å². The van der Waals surface area contributed by atoms with Gasteiger partial charge in [0.05, 0.1) is 5.69 Å². The Kier molecular flexibility index (Phi) is 3.16. The average molecular weight is 303 g/mol. The lowest BCUT2D eigenvalue weighted by Gasteiger charge is -2.03. The summed E-state index contributed by atoms with van der Waals surface area (Å²) in [4.78, 5) is 19.5. The van der Waals surface area contributed by atoms with E-state index in [9.17, 15) is 4.79 Å². The number of hydrogen-bond donors (Lipinski definition) is 2. The minimum Gasteiger partial charge on any atom is -0.437 e. The van der Waals surface area contributed by atoms with Crippen LogP contribution in [0.2, 0.25) is 0 Å². The van der Waals surface area contributed by atoms with Gasteiger partial charge < -0.3 is 14.7 Å². The van der Waals surface area contributed by atoms with Gasteiger partial charge in [0.1, 0.15) is 5.52 Å². The maximum Gasteiger partial charge on any atom is 0.248 e. The summed E-state index contributed by atoms with van der Waals surface area (Å²) in [5.41, 5.74) is 3.20. The summed E-state index contributed by atoms with van der Waals surface area (Å²) in [7, 11) is 0. The van der Waals surface area contributed by atoms with Crippen molar-refractivity contribution in [2.75, 3.05) is 5.32 Å². The number of fused-ring (bicyclic) bond motifs is 2. The highest BCUT2D eigenvalue weighted by Gasteiger charge is 2.05. The van der Waals surface area contributed by atoms with Gasteiger partial charge in [0, 0.05) is 29.3 Å². The van der Waals surface area contributed by atoms with E-state index in [4.69, 9.17) is 4.42 Å². The highest BCUT2D eigenvalue weighted by molar-refractivity contribution is 6.07. The zero-order valence-corrected chi connectivity index (χ0v) is 12.1. The van der Waals surface area contributed by atoms with E-state index >= 15 is 0 Å². The molecule has 0 aliphatic rings. The average Bonchev–Trinajstić information content (AvgIpc) is 3.19. The minimum absolute atomic E-state index is 0.235. The van der Waals surface area contributed by atoms with Crippen LogP contribution < -0.4 is 5.32 Å². The molecule has 2 N–H and O–H groups in total. The second kappa shape index (κ2) is 5.46. The summed E-state index contributed by atoms with van der Waals surface area (Å²) in [6.45, 7) is 0. The topological polar surface area (TPSA) is 70.9 Å². The van der Waals surface area contributed by atoms with E-state index in [2.05, 4.69) is 15.3 Å². The second-order valence-electron chi connectivity index (χ2n) is 5.09. The lowest BCUT2D eigenvalue weighted by atomic mass is 10.2. The van der Waals surface area contributed by atoms with Crippen molar-refractivity contribution in [3.8, 4) is 0 Å². The van der Waals surface area contributed by atoms with E-state index in [0.717, 1.165) is 22.1 Å². The number of rotatable bonds is 3. The summed E-state index contributed by atoms with van der Waals surface area (Å²) in [5.74, 6) is 0.169. The van der Waals surface area contributed by atoms with Crippen LogP contribution in [0, 0.1) is 0 Å². The zero-order chi connectivity index (χ0) is 15.6. The lowest BCUT2D eigenvalue weighted by Crippen LogP contribution is -2.07. The molecule has 0 atom stereocenters. The largest absolute Gasteiger partial charge is 0.437 e. The molecule has 2 aromatic heterocycles. The Labute approximate surface area is 131 Å². The summed E-state index contributed by atoms with van der Waals surface area (Å²) in [5, 5.41) is 3.83. The number of H-pyrrole nitrogens is 1. The van der Waals surface area contributed by atoms with E-state index in [1.54, 1.807) is 6.08 Å². The highest BCUT2D eigenvalue weighted by Crippen LogP contribution is 2.22. The van der Waals surface area contributed by atoms with E-state index in [-0.39, 0.29) is 5.91 Å². The molecule has 0 unspecified atom stereocenters. The molecule has 0 aliphatic carbocycles. The van der Waals surface area contributed by atoms with Crippen molar-refractivity contribution in [1.29, 1.82) is 0 Å². The molecule has 4 aromatic rings. The second-order valence-corrected chi connectivity index (χ2v) is 5.09. The molecule has 2 aromatic carbocycles. The number of benzene rings is 2. The molecular weight excluding hydrogens is 290 g/mol. The molecular formula is C18H13N3O2. The van der Waals surface area contributed by atoms with Gasteiger partial charge in [-0.1, -0.05) is 18.2 Å². The SMILES string of the molecule is O=C(/C=C/c1nc2ccccc2o1)Nc1cccc2[nH]ccc12. The number of carbonyl (C=O) groups excluding carboxylic acids is 1. The lowest BCUT2D eigenvalue weighted by molar-refractivity contribution is -0.111. The van der Waals surface area contributed by atoms with E-state index in [0.29, 0.717) is 11.5 Å². The molecule has 0 saturated heterocycles. The number of amides is 1. The zero-order valence-electron chi connectivity index (χ0n) is 12.1.